The molecular formula is C12H19NO5S. The Morgan fingerprint density at radius 2 is 2.11 bits per heavy atom. The van der Waals surface area contributed by atoms with Gasteiger partial charge in [0.25, 0.3) is 10.1 Å². The number of hydrogen-bond acceptors (Lipinski definition) is 6. The molecule has 7 heteroatoms. The van der Waals surface area contributed by atoms with Crippen LogP contribution in [0.5, 0.6) is 0 Å². The highest BCUT2D eigenvalue weighted by atomic mass is 32.2. The molecule has 0 aliphatic heterocycles. The maximum Gasteiger partial charge on any atom is 0.264 e. The Labute approximate surface area is 113 Å². The molecule has 19 heavy (non-hydrogen) atoms. The minimum absolute atomic E-state index is 0.0981. The van der Waals surface area contributed by atoms with Crippen LogP contribution in [-0.4, -0.2) is 40.2 Å². The number of pyridine rings is 1. The van der Waals surface area contributed by atoms with E-state index >= 15 is 0 Å². The molecule has 1 heterocycles. The minimum atomic E-state index is -3.39. The van der Waals surface area contributed by atoms with Gasteiger partial charge in [0.15, 0.2) is 0 Å². The van der Waals surface area contributed by atoms with E-state index in [1.54, 1.807) is 13.3 Å². The van der Waals surface area contributed by atoms with Crippen LogP contribution in [0.3, 0.4) is 0 Å². The molecule has 6 nitrogen and oxygen atoms in total. The predicted molar refractivity (Wildman–Crippen MR) is 70.1 cm³/mol. The smallest absolute Gasteiger partial charge is 0.264 e. The first-order valence-electron chi connectivity index (χ1n) is 5.82. The zero-order valence-corrected chi connectivity index (χ0v) is 12.1. The molecule has 0 spiro atoms. The highest BCUT2D eigenvalue weighted by Gasteiger charge is 2.07. The van der Waals surface area contributed by atoms with E-state index < -0.39 is 10.1 Å². The zero-order valence-electron chi connectivity index (χ0n) is 11.3. The van der Waals surface area contributed by atoms with Gasteiger partial charge in [0.1, 0.15) is 6.79 Å². The summed E-state index contributed by atoms with van der Waals surface area (Å²) < 4.78 is 36.4. The molecule has 0 saturated carbocycles. The number of nitrogens with zero attached hydrogens (tertiary/aromatic N) is 1. The fraction of sp³-hybridized carbons (Fsp3) is 0.583. The lowest BCUT2D eigenvalue weighted by molar-refractivity contribution is -0.0667. The summed E-state index contributed by atoms with van der Waals surface area (Å²) in [5.74, 6) is 0. The summed E-state index contributed by atoms with van der Waals surface area (Å²) in [6, 6.07) is 3.72. The Bertz CT molecular complexity index is 471. The maximum absolute atomic E-state index is 10.8. The number of hydrogen-bond donors (Lipinski definition) is 0. The summed E-state index contributed by atoms with van der Waals surface area (Å²) in [6.07, 6.45) is 3.07. The van der Waals surface area contributed by atoms with Crippen molar-refractivity contribution in [3.63, 3.8) is 0 Å². The Kier molecular flexibility index (Phi) is 6.36. The number of rotatable bonds is 8. The van der Waals surface area contributed by atoms with Gasteiger partial charge >= 0.3 is 0 Å². The molecule has 0 saturated heterocycles. The van der Waals surface area contributed by atoms with Crippen molar-refractivity contribution in [3.8, 4) is 0 Å². The van der Waals surface area contributed by atoms with Gasteiger partial charge in [0.05, 0.1) is 19.0 Å². The summed E-state index contributed by atoms with van der Waals surface area (Å²) in [6.45, 7) is 2.23. The van der Waals surface area contributed by atoms with Crippen LogP contribution < -0.4 is 0 Å². The van der Waals surface area contributed by atoms with Crippen molar-refractivity contribution in [1.82, 2.24) is 4.98 Å². The summed E-state index contributed by atoms with van der Waals surface area (Å²) in [4.78, 5) is 4.23. The predicted octanol–water partition coefficient (Wildman–Crippen LogP) is 1.28. The molecule has 1 aromatic heterocycles. The molecule has 0 N–H and O–H groups in total. The van der Waals surface area contributed by atoms with E-state index in [1.807, 2.05) is 19.1 Å². The summed E-state index contributed by atoms with van der Waals surface area (Å²) in [5.41, 5.74) is 1.70. The Balaban J connectivity index is 2.47. The standard InChI is InChI=1S/C12H19NO5S/c1-10(17-9-16-2)11-4-5-12(13-8-11)6-7-18-19(3,14)15/h4-5,8,10H,6-7,9H2,1-3H3. The molecule has 0 aromatic carbocycles. The molecule has 1 aromatic rings. The highest BCUT2D eigenvalue weighted by Crippen LogP contribution is 2.15. The third kappa shape index (κ3) is 6.63. The summed E-state index contributed by atoms with van der Waals surface area (Å²) in [5, 5.41) is 0. The Morgan fingerprint density at radius 3 is 2.63 bits per heavy atom. The molecule has 1 atom stereocenters. The van der Waals surface area contributed by atoms with Gasteiger partial charge in [0, 0.05) is 25.4 Å². The largest absolute Gasteiger partial charge is 0.359 e. The average molecular weight is 289 g/mol. The second-order valence-electron chi connectivity index (χ2n) is 4.07. The van der Waals surface area contributed by atoms with Gasteiger partial charge in [-0.15, -0.1) is 0 Å². The number of methoxy groups -OCH3 is 1. The van der Waals surface area contributed by atoms with Gasteiger partial charge < -0.3 is 9.47 Å². The molecular weight excluding hydrogens is 270 g/mol. The molecule has 0 fully saturated rings. The molecule has 0 aliphatic rings. The van der Waals surface area contributed by atoms with Crippen LogP contribution in [0.2, 0.25) is 0 Å². The van der Waals surface area contributed by atoms with E-state index in [0.717, 1.165) is 17.5 Å². The van der Waals surface area contributed by atoms with E-state index in [4.69, 9.17) is 9.47 Å². The van der Waals surface area contributed by atoms with Gasteiger partial charge in [-0.3, -0.25) is 9.17 Å². The SMILES string of the molecule is COCOC(C)c1ccc(CCOS(C)(=O)=O)nc1. The third-order valence-corrected chi connectivity index (χ3v) is 3.00. The summed E-state index contributed by atoms with van der Waals surface area (Å²) >= 11 is 0. The van der Waals surface area contributed by atoms with E-state index in [9.17, 15) is 8.42 Å². The molecule has 0 radical (unpaired) electrons. The van der Waals surface area contributed by atoms with Crippen LogP contribution in [-0.2, 0) is 30.2 Å². The van der Waals surface area contributed by atoms with Crippen LogP contribution in [0.1, 0.15) is 24.3 Å². The number of aromatic nitrogens is 1. The average Bonchev–Trinajstić information content (AvgIpc) is 2.35. The molecule has 1 unspecified atom stereocenters. The normalized spacial score (nSPS) is 13.4. The van der Waals surface area contributed by atoms with Crippen molar-refractivity contribution in [2.75, 3.05) is 26.8 Å². The highest BCUT2D eigenvalue weighted by molar-refractivity contribution is 7.85. The fourth-order valence-corrected chi connectivity index (χ4v) is 1.77. The van der Waals surface area contributed by atoms with Crippen molar-refractivity contribution in [2.45, 2.75) is 19.4 Å². The number of ether oxygens (including phenoxy) is 2. The van der Waals surface area contributed by atoms with Crippen LogP contribution in [0.25, 0.3) is 0 Å². The van der Waals surface area contributed by atoms with E-state index in [1.165, 1.54) is 0 Å². The van der Waals surface area contributed by atoms with Crippen molar-refractivity contribution >= 4 is 10.1 Å². The molecule has 0 aliphatic carbocycles. The van der Waals surface area contributed by atoms with Crippen LogP contribution >= 0.6 is 0 Å². The molecule has 0 bridgehead atoms. The molecule has 0 amide bonds. The minimum Gasteiger partial charge on any atom is -0.359 e. The Morgan fingerprint density at radius 1 is 1.37 bits per heavy atom. The third-order valence-electron chi connectivity index (χ3n) is 2.41. The van der Waals surface area contributed by atoms with Crippen molar-refractivity contribution < 1.29 is 22.1 Å². The second kappa shape index (κ2) is 7.54. The van der Waals surface area contributed by atoms with E-state index in [-0.39, 0.29) is 19.5 Å². The maximum atomic E-state index is 10.8. The quantitative estimate of drug-likeness (QED) is 0.530. The monoisotopic (exact) mass is 289 g/mol. The van der Waals surface area contributed by atoms with Crippen molar-refractivity contribution in [3.05, 3.63) is 29.6 Å². The first-order chi connectivity index (χ1) is 8.92. The fourth-order valence-electron chi connectivity index (χ4n) is 1.39. The first-order valence-corrected chi connectivity index (χ1v) is 7.64. The topological polar surface area (TPSA) is 74.7 Å². The van der Waals surface area contributed by atoms with E-state index in [2.05, 4.69) is 9.17 Å². The Hall–Kier alpha value is -1.02. The van der Waals surface area contributed by atoms with Gasteiger partial charge in [-0.1, -0.05) is 6.07 Å². The van der Waals surface area contributed by atoms with Gasteiger partial charge in [-0.25, -0.2) is 0 Å². The van der Waals surface area contributed by atoms with Gasteiger partial charge in [-0.2, -0.15) is 8.42 Å². The van der Waals surface area contributed by atoms with E-state index in [0.29, 0.717) is 6.42 Å². The second-order valence-corrected chi connectivity index (χ2v) is 5.72. The first kappa shape index (κ1) is 16.0. The lowest BCUT2D eigenvalue weighted by Gasteiger charge is -2.12. The van der Waals surface area contributed by atoms with Crippen molar-refractivity contribution in [1.29, 1.82) is 0 Å². The van der Waals surface area contributed by atoms with Gasteiger partial charge in [0.2, 0.25) is 0 Å². The van der Waals surface area contributed by atoms with Gasteiger partial charge in [-0.05, 0) is 18.6 Å². The molecule has 1 rings (SSSR count). The molecule has 108 valence electrons. The van der Waals surface area contributed by atoms with Crippen LogP contribution in [0.15, 0.2) is 18.3 Å². The van der Waals surface area contributed by atoms with Crippen LogP contribution in [0.4, 0.5) is 0 Å². The van der Waals surface area contributed by atoms with Crippen molar-refractivity contribution in [2.24, 2.45) is 0 Å². The zero-order chi connectivity index (χ0) is 14.3. The van der Waals surface area contributed by atoms with Crippen LogP contribution in [0, 0.1) is 0 Å². The lowest BCUT2D eigenvalue weighted by Crippen LogP contribution is -2.08. The summed E-state index contributed by atoms with van der Waals surface area (Å²) in [7, 11) is -1.82. The lowest BCUT2D eigenvalue weighted by atomic mass is 10.1.